The van der Waals surface area contributed by atoms with E-state index < -0.39 is 17.5 Å². The zero-order valence-electron chi connectivity index (χ0n) is 13.2. The van der Waals surface area contributed by atoms with Crippen LogP contribution in [-0.2, 0) is 16.9 Å². The number of halogens is 2. The highest BCUT2D eigenvalue weighted by Crippen LogP contribution is 2.31. The lowest BCUT2D eigenvalue weighted by Crippen LogP contribution is -2.40. The molecule has 0 aliphatic carbocycles. The van der Waals surface area contributed by atoms with E-state index in [0.29, 0.717) is 26.7 Å². The number of rotatable bonds is 3. The van der Waals surface area contributed by atoms with E-state index in [1.165, 1.54) is 0 Å². The van der Waals surface area contributed by atoms with Crippen molar-refractivity contribution in [3.05, 3.63) is 69.2 Å². The Morgan fingerprint density at radius 1 is 1.16 bits per heavy atom. The van der Waals surface area contributed by atoms with E-state index in [2.05, 4.69) is 5.32 Å². The van der Waals surface area contributed by atoms with Gasteiger partial charge < -0.3 is 5.32 Å². The van der Waals surface area contributed by atoms with Crippen LogP contribution in [0.2, 0.25) is 10.0 Å². The van der Waals surface area contributed by atoms with Crippen LogP contribution in [0.25, 0.3) is 0 Å². The Morgan fingerprint density at radius 3 is 2.60 bits per heavy atom. The summed E-state index contributed by atoms with van der Waals surface area (Å²) in [5.41, 5.74) is 0.443. The van der Waals surface area contributed by atoms with Gasteiger partial charge in [-0.25, -0.2) is 4.79 Å². The van der Waals surface area contributed by atoms with Crippen LogP contribution in [0.1, 0.15) is 23.6 Å². The van der Waals surface area contributed by atoms with E-state index in [1.54, 1.807) is 49.4 Å². The lowest BCUT2D eigenvalue weighted by atomic mass is 9.91. The monoisotopic (exact) mass is 373 g/mol. The van der Waals surface area contributed by atoms with Crippen LogP contribution in [0.5, 0.6) is 0 Å². The van der Waals surface area contributed by atoms with Gasteiger partial charge in [-0.3, -0.25) is 9.69 Å². The van der Waals surface area contributed by atoms with Gasteiger partial charge in [-0.1, -0.05) is 41.4 Å². The Balaban J connectivity index is 1.91. The van der Waals surface area contributed by atoms with Crippen molar-refractivity contribution in [3.8, 4) is 6.07 Å². The lowest BCUT2D eigenvalue weighted by Gasteiger charge is -2.22. The van der Waals surface area contributed by atoms with Crippen LogP contribution in [0.4, 0.5) is 4.79 Å². The molecule has 0 radical (unpaired) electrons. The lowest BCUT2D eigenvalue weighted by molar-refractivity contribution is -0.131. The molecule has 1 aliphatic rings. The average Bonchev–Trinajstić information content (AvgIpc) is 2.82. The van der Waals surface area contributed by atoms with Gasteiger partial charge in [0.15, 0.2) is 0 Å². The van der Waals surface area contributed by atoms with Crippen LogP contribution in [0.15, 0.2) is 42.5 Å². The first kappa shape index (κ1) is 17.3. The largest absolute Gasteiger partial charge is 0.325 e. The molecule has 7 heteroatoms. The molecule has 126 valence electrons. The highest BCUT2D eigenvalue weighted by atomic mass is 35.5. The van der Waals surface area contributed by atoms with Gasteiger partial charge in [-0.2, -0.15) is 5.26 Å². The zero-order valence-corrected chi connectivity index (χ0v) is 14.7. The third kappa shape index (κ3) is 3.07. The summed E-state index contributed by atoms with van der Waals surface area (Å²) in [6.45, 7) is 1.70. The van der Waals surface area contributed by atoms with Gasteiger partial charge in [-0.05, 0) is 42.3 Å². The first-order valence-corrected chi connectivity index (χ1v) is 8.19. The zero-order chi connectivity index (χ0) is 18.2. The maximum absolute atomic E-state index is 12.9. The van der Waals surface area contributed by atoms with Crippen molar-refractivity contribution >= 4 is 35.1 Å². The molecule has 2 aromatic rings. The van der Waals surface area contributed by atoms with Gasteiger partial charge in [0.1, 0.15) is 5.54 Å². The SMILES string of the molecule is CC1(c2cccc(C#N)c2)NC(=O)N(Cc2ccc(Cl)c(Cl)c2)C1=O. The molecule has 1 fully saturated rings. The summed E-state index contributed by atoms with van der Waals surface area (Å²) < 4.78 is 0. The molecule has 3 rings (SSSR count). The fraction of sp³-hybridized carbons (Fsp3) is 0.167. The van der Waals surface area contributed by atoms with Crippen LogP contribution >= 0.6 is 23.2 Å². The maximum Gasteiger partial charge on any atom is 0.325 e. The van der Waals surface area contributed by atoms with Crippen molar-refractivity contribution in [3.63, 3.8) is 0 Å². The molecule has 1 aliphatic heterocycles. The van der Waals surface area contributed by atoms with Crippen LogP contribution in [0.3, 0.4) is 0 Å². The molecule has 1 saturated heterocycles. The molecule has 25 heavy (non-hydrogen) atoms. The van der Waals surface area contributed by atoms with Gasteiger partial charge in [0.05, 0.1) is 28.2 Å². The number of nitriles is 1. The topological polar surface area (TPSA) is 73.2 Å². The molecular formula is C18H13Cl2N3O2. The number of nitrogens with zero attached hydrogens (tertiary/aromatic N) is 2. The fourth-order valence-corrected chi connectivity index (χ4v) is 3.08. The van der Waals surface area contributed by atoms with E-state index in [1.807, 2.05) is 6.07 Å². The van der Waals surface area contributed by atoms with Gasteiger partial charge in [0, 0.05) is 0 Å². The van der Waals surface area contributed by atoms with Gasteiger partial charge in [0.25, 0.3) is 5.91 Å². The molecule has 1 atom stereocenters. The van der Waals surface area contributed by atoms with Crippen molar-refractivity contribution < 1.29 is 9.59 Å². The van der Waals surface area contributed by atoms with Crippen LogP contribution in [0, 0.1) is 11.3 Å². The highest BCUT2D eigenvalue weighted by Gasteiger charge is 2.48. The number of hydrogen-bond donors (Lipinski definition) is 1. The van der Waals surface area contributed by atoms with Crippen molar-refractivity contribution in [1.82, 2.24) is 10.2 Å². The fourth-order valence-electron chi connectivity index (χ4n) is 2.76. The Kier molecular flexibility index (Phi) is 4.42. The Bertz CT molecular complexity index is 923. The average molecular weight is 374 g/mol. The number of benzene rings is 2. The third-order valence-electron chi connectivity index (χ3n) is 4.17. The van der Waals surface area contributed by atoms with Crippen LogP contribution < -0.4 is 5.32 Å². The molecule has 0 aromatic heterocycles. The Labute approximate surface area is 154 Å². The molecule has 0 spiro atoms. The molecule has 0 saturated carbocycles. The number of imide groups is 1. The van der Waals surface area contributed by atoms with Gasteiger partial charge in [0.2, 0.25) is 0 Å². The minimum Gasteiger partial charge on any atom is -0.319 e. The number of amides is 3. The Hall–Kier alpha value is -2.55. The van der Waals surface area contributed by atoms with E-state index >= 15 is 0 Å². The number of nitrogens with one attached hydrogen (secondary N) is 1. The smallest absolute Gasteiger partial charge is 0.319 e. The normalized spacial score (nSPS) is 19.7. The van der Waals surface area contributed by atoms with E-state index in [0.717, 1.165) is 4.90 Å². The van der Waals surface area contributed by atoms with E-state index in [4.69, 9.17) is 28.5 Å². The third-order valence-corrected chi connectivity index (χ3v) is 4.91. The second kappa shape index (κ2) is 6.40. The van der Waals surface area contributed by atoms with Crippen molar-refractivity contribution in [2.24, 2.45) is 0 Å². The first-order valence-electron chi connectivity index (χ1n) is 7.44. The summed E-state index contributed by atoms with van der Waals surface area (Å²) in [4.78, 5) is 26.4. The quantitative estimate of drug-likeness (QED) is 0.830. The highest BCUT2D eigenvalue weighted by molar-refractivity contribution is 6.42. The van der Waals surface area contributed by atoms with Crippen molar-refractivity contribution in [2.45, 2.75) is 19.0 Å². The molecule has 0 bridgehead atoms. The molecule has 1 unspecified atom stereocenters. The number of hydrogen-bond acceptors (Lipinski definition) is 3. The molecule has 2 aromatic carbocycles. The first-order chi connectivity index (χ1) is 11.8. The second-order valence-electron chi connectivity index (χ2n) is 5.89. The predicted molar refractivity (Wildman–Crippen MR) is 94.1 cm³/mol. The summed E-state index contributed by atoms with van der Waals surface area (Å²) >= 11 is 11.9. The standard InChI is InChI=1S/C18H13Cl2N3O2/c1-18(13-4-2-3-11(7-13)9-21)16(24)23(17(25)22-18)10-12-5-6-14(19)15(20)8-12/h2-8H,10H2,1H3,(H,22,25). The summed E-state index contributed by atoms with van der Waals surface area (Å²) in [5, 5.41) is 12.5. The minimum atomic E-state index is -1.22. The number of urea groups is 1. The van der Waals surface area contributed by atoms with Crippen molar-refractivity contribution in [1.29, 1.82) is 5.26 Å². The molecule has 3 amide bonds. The van der Waals surface area contributed by atoms with Crippen molar-refractivity contribution in [2.75, 3.05) is 0 Å². The van der Waals surface area contributed by atoms with E-state index in [9.17, 15) is 9.59 Å². The van der Waals surface area contributed by atoms with Gasteiger partial charge in [-0.15, -0.1) is 0 Å². The van der Waals surface area contributed by atoms with E-state index in [-0.39, 0.29) is 6.54 Å². The number of carbonyl (C=O) groups excluding carboxylic acids is 2. The summed E-state index contributed by atoms with van der Waals surface area (Å²) in [7, 11) is 0. The van der Waals surface area contributed by atoms with Crippen LogP contribution in [-0.4, -0.2) is 16.8 Å². The van der Waals surface area contributed by atoms with Gasteiger partial charge >= 0.3 is 6.03 Å². The molecule has 5 nitrogen and oxygen atoms in total. The predicted octanol–water partition coefficient (Wildman–Crippen LogP) is 3.83. The number of carbonyl (C=O) groups is 2. The summed E-state index contributed by atoms with van der Waals surface area (Å²) in [6.07, 6.45) is 0. The second-order valence-corrected chi connectivity index (χ2v) is 6.70. The molecule has 1 N–H and O–H groups in total. The molecular weight excluding hydrogens is 361 g/mol. The minimum absolute atomic E-state index is 0.0785. The summed E-state index contributed by atoms with van der Waals surface area (Å²) in [5.74, 6) is -0.390. The Morgan fingerprint density at radius 2 is 1.92 bits per heavy atom. The molecule has 1 heterocycles. The maximum atomic E-state index is 12.9. The summed E-state index contributed by atoms with van der Waals surface area (Å²) in [6, 6.07) is 13.1.